The predicted molar refractivity (Wildman–Crippen MR) is 76.4 cm³/mol. The van der Waals surface area contributed by atoms with Crippen LogP contribution in [-0.4, -0.2) is 42.2 Å². The molecule has 0 aliphatic carbocycles. The molecule has 0 spiro atoms. The number of aryl methyl sites for hydroxylation is 1. The summed E-state index contributed by atoms with van der Waals surface area (Å²) in [7, 11) is 1.87. The summed E-state index contributed by atoms with van der Waals surface area (Å²) in [6, 6.07) is 5.71. The molecule has 104 valence electrons. The van der Waals surface area contributed by atoms with Crippen molar-refractivity contribution in [3.05, 3.63) is 29.3 Å². The topological polar surface area (TPSA) is 52.6 Å². The number of hydrogen-bond donors (Lipinski definition) is 2. The Balaban J connectivity index is 2.13. The van der Waals surface area contributed by atoms with Gasteiger partial charge in [0.15, 0.2) is 0 Å². The molecule has 2 N–H and O–H groups in total. The number of carbonyl (C=O) groups excluding carboxylic acids is 1. The van der Waals surface area contributed by atoms with E-state index in [4.69, 9.17) is 0 Å². The number of rotatable bonds is 2. The lowest BCUT2D eigenvalue weighted by Gasteiger charge is -2.34. The van der Waals surface area contributed by atoms with Gasteiger partial charge in [0.25, 0.3) is 5.91 Å². The maximum atomic E-state index is 12.4. The van der Waals surface area contributed by atoms with Crippen molar-refractivity contribution in [1.82, 2.24) is 4.90 Å². The van der Waals surface area contributed by atoms with Crippen LogP contribution in [0.3, 0.4) is 0 Å². The molecular formula is C15H22N2O2. The number of nitrogens with zero attached hydrogens (tertiary/aromatic N) is 1. The average Bonchev–Trinajstić information content (AvgIpc) is 2.41. The van der Waals surface area contributed by atoms with Crippen LogP contribution in [0.25, 0.3) is 0 Å². The van der Waals surface area contributed by atoms with Crippen LogP contribution in [-0.2, 0) is 0 Å². The number of amides is 1. The number of nitrogens with one attached hydrogen (secondary N) is 1. The second kappa shape index (κ2) is 5.61. The molecule has 0 bridgehead atoms. The first-order valence-corrected chi connectivity index (χ1v) is 6.78. The van der Waals surface area contributed by atoms with Crippen LogP contribution in [0.1, 0.15) is 29.3 Å². The third-order valence-corrected chi connectivity index (χ3v) is 3.89. The zero-order chi connectivity index (χ0) is 14.0. The van der Waals surface area contributed by atoms with Crippen molar-refractivity contribution >= 4 is 11.6 Å². The minimum Gasteiger partial charge on any atom is -0.393 e. The first-order chi connectivity index (χ1) is 9.02. The van der Waals surface area contributed by atoms with E-state index in [1.54, 1.807) is 0 Å². The molecule has 0 aromatic heterocycles. The third-order valence-electron chi connectivity index (χ3n) is 3.89. The van der Waals surface area contributed by atoms with Gasteiger partial charge in [-0.1, -0.05) is 6.92 Å². The monoisotopic (exact) mass is 262 g/mol. The molecule has 1 amide bonds. The Bertz CT molecular complexity index is 473. The molecular weight excluding hydrogens is 240 g/mol. The molecule has 1 aliphatic heterocycles. The molecule has 19 heavy (non-hydrogen) atoms. The highest BCUT2D eigenvalue weighted by molar-refractivity contribution is 5.95. The Morgan fingerprint density at radius 1 is 1.47 bits per heavy atom. The lowest BCUT2D eigenvalue weighted by Crippen LogP contribution is -2.44. The summed E-state index contributed by atoms with van der Waals surface area (Å²) in [6.45, 7) is 5.24. The van der Waals surface area contributed by atoms with Gasteiger partial charge >= 0.3 is 0 Å². The molecule has 1 fully saturated rings. The summed E-state index contributed by atoms with van der Waals surface area (Å²) in [4.78, 5) is 14.3. The van der Waals surface area contributed by atoms with Crippen molar-refractivity contribution in [3.8, 4) is 0 Å². The van der Waals surface area contributed by atoms with Crippen LogP contribution in [0.5, 0.6) is 0 Å². The first kappa shape index (κ1) is 13.9. The number of benzene rings is 1. The van der Waals surface area contributed by atoms with E-state index >= 15 is 0 Å². The van der Waals surface area contributed by atoms with Gasteiger partial charge < -0.3 is 15.3 Å². The maximum absolute atomic E-state index is 12.4. The van der Waals surface area contributed by atoms with E-state index in [-0.39, 0.29) is 17.9 Å². The third kappa shape index (κ3) is 2.89. The molecule has 1 heterocycles. The fraction of sp³-hybridized carbons (Fsp3) is 0.533. The van der Waals surface area contributed by atoms with Gasteiger partial charge in [-0.15, -0.1) is 0 Å². The maximum Gasteiger partial charge on any atom is 0.253 e. The molecule has 0 saturated carbocycles. The van der Waals surface area contributed by atoms with Crippen LogP contribution in [0.15, 0.2) is 18.2 Å². The highest BCUT2D eigenvalue weighted by atomic mass is 16.3. The van der Waals surface area contributed by atoms with Gasteiger partial charge in [0, 0.05) is 31.4 Å². The minimum absolute atomic E-state index is 0.0597. The fourth-order valence-electron chi connectivity index (χ4n) is 2.58. The average molecular weight is 262 g/mol. The van der Waals surface area contributed by atoms with Crippen LogP contribution in [0, 0.1) is 12.8 Å². The highest BCUT2D eigenvalue weighted by Gasteiger charge is 2.27. The quantitative estimate of drug-likeness (QED) is 0.855. The number of piperidine rings is 1. The van der Waals surface area contributed by atoms with E-state index in [0.29, 0.717) is 19.5 Å². The molecule has 1 aromatic rings. The van der Waals surface area contributed by atoms with Crippen molar-refractivity contribution in [1.29, 1.82) is 0 Å². The van der Waals surface area contributed by atoms with Gasteiger partial charge in [-0.3, -0.25) is 4.79 Å². The smallest absolute Gasteiger partial charge is 0.253 e. The van der Waals surface area contributed by atoms with E-state index in [1.165, 1.54) is 0 Å². The van der Waals surface area contributed by atoms with Crippen molar-refractivity contribution in [2.45, 2.75) is 26.4 Å². The number of hydrogen-bond acceptors (Lipinski definition) is 3. The number of aliphatic hydroxyl groups is 1. The largest absolute Gasteiger partial charge is 0.393 e. The van der Waals surface area contributed by atoms with Crippen molar-refractivity contribution in [3.63, 3.8) is 0 Å². The Hall–Kier alpha value is -1.55. The molecule has 1 aromatic carbocycles. The predicted octanol–water partition coefficient (Wildman–Crippen LogP) is 1.88. The van der Waals surface area contributed by atoms with Crippen LogP contribution in [0.2, 0.25) is 0 Å². The van der Waals surface area contributed by atoms with E-state index in [2.05, 4.69) is 5.32 Å². The molecule has 2 unspecified atom stereocenters. The van der Waals surface area contributed by atoms with E-state index < -0.39 is 0 Å². The number of carbonyl (C=O) groups is 1. The van der Waals surface area contributed by atoms with Crippen LogP contribution in [0.4, 0.5) is 5.69 Å². The first-order valence-electron chi connectivity index (χ1n) is 6.78. The molecule has 0 radical (unpaired) electrons. The Morgan fingerprint density at radius 2 is 2.21 bits per heavy atom. The zero-order valence-electron chi connectivity index (χ0n) is 11.8. The Labute approximate surface area is 114 Å². The number of likely N-dealkylation sites (tertiary alicyclic amines) is 1. The number of aliphatic hydroxyl groups excluding tert-OH is 1. The fourth-order valence-corrected chi connectivity index (χ4v) is 2.58. The van der Waals surface area contributed by atoms with Gasteiger partial charge in [0.2, 0.25) is 0 Å². The highest BCUT2D eigenvalue weighted by Crippen LogP contribution is 2.21. The van der Waals surface area contributed by atoms with Crippen molar-refractivity contribution in [2.75, 3.05) is 25.5 Å². The van der Waals surface area contributed by atoms with Gasteiger partial charge in [-0.2, -0.15) is 0 Å². The Morgan fingerprint density at radius 3 is 2.79 bits per heavy atom. The molecule has 1 saturated heterocycles. The lowest BCUT2D eigenvalue weighted by atomic mass is 9.96. The summed E-state index contributed by atoms with van der Waals surface area (Å²) >= 11 is 0. The summed E-state index contributed by atoms with van der Waals surface area (Å²) < 4.78 is 0. The second-order valence-electron chi connectivity index (χ2n) is 5.36. The Kier molecular flexibility index (Phi) is 4.10. The van der Waals surface area contributed by atoms with Gasteiger partial charge in [-0.05, 0) is 43.0 Å². The van der Waals surface area contributed by atoms with Gasteiger partial charge in [0.05, 0.1) is 6.10 Å². The summed E-state index contributed by atoms with van der Waals surface area (Å²) in [5, 5.41) is 12.8. The van der Waals surface area contributed by atoms with Crippen molar-refractivity contribution < 1.29 is 9.90 Å². The van der Waals surface area contributed by atoms with E-state index in [0.717, 1.165) is 16.8 Å². The van der Waals surface area contributed by atoms with Crippen LogP contribution < -0.4 is 5.32 Å². The lowest BCUT2D eigenvalue weighted by molar-refractivity contribution is 0.0297. The molecule has 1 aliphatic rings. The van der Waals surface area contributed by atoms with Crippen molar-refractivity contribution in [2.24, 2.45) is 5.92 Å². The molecule has 2 rings (SSSR count). The zero-order valence-corrected chi connectivity index (χ0v) is 11.8. The molecule has 4 heteroatoms. The van der Waals surface area contributed by atoms with E-state index in [9.17, 15) is 9.90 Å². The van der Waals surface area contributed by atoms with Gasteiger partial charge in [0.1, 0.15) is 0 Å². The SMILES string of the molecule is CNc1ccc(C(=O)N2CCC(O)C(C)C2)cc1C. The summed E-state index contributed by atoms with van der Waals surface area (Å²) in [5.74, 6) is 0.208. The summed E-state index contributed by atoms with van der Waals surface area (Å²) in [6.07, 6.45) is 0.387. The molecule has 2 atom stereocenters. The summed E-state index contributed by atoms with van der Waals surface area (Å²) in [5.41, 5.74) is 2.83. The second-order valence-corrected chi connectivity index (χ2v) is 5.36. The molecule has 4 nitrogen and oxygen atoms in total. The number of anilines is 1. The van der Waals surface area contributed by atoms with Crippen LogP contribution >= 0.6 is 0 Å². The van der Waals surface area contributed by atoms with Gasteiger partial charge in [-0.25, -0.2) is 0 Å². The van der Waals surface area contributed by atoms with E-state index in [1.807, 2.05) is 44.0 Å². The minimum atomic E-state index is -0.280. The normalized spacial score (nSPS) is 23.3. The standard InChI is InChI=1S/C15H22N2O2/c1-10-8-12(4-5-13(10)16-3)15(19)17-7-6-14(18)11(2)9-17/h4-5,8,11,14,16,18H,6-7,9H2,1-3H3.